The first-order chi connectivity index (χ1) is 6.38. The molecule has 1 rings (SSSR count). The molecule has 1 aliphatic heterocycles. The van der Waals surface area contributed by atoms with E-state index in [9.17, 15) is 0 Å². The lowest BCUT2D eigenvalue weighted by Crippen LogP contribution is -2.39. The predicted molar refractivity (Wildman–Crippen MR) is 55.6 cm³/mol. The summed E-state index contributed by atoms with van der Waals surface area (Å²) >= 11 is 0. The van der Waals surface area contributed by atoms with Crippen LogP contribution in [0.3, 0.4) is 0 Å². The summed E-state index contributed by atoms with van der Waals surface area (Å²) in [6.07, 6.45) is 9.18. The summed E-state index contributed by atoms with van der Waals surface area (Å²) in [6.45, 7) is 3.61. The first-order valence-electron chi connectivity index (χ1n) is 5.73. The quantitative estimate of drug-likeness (QED) is 0.665. The number of nitrogens with zero attached hydrogens (tertiary/aromatic N) is 1. The van der Waals surface area contributed by atoms with Crippen LogP contribution < -0.4 is 0 Å². The van der Waals surface area contributed by atoms with Crippen LogP contribution in [0.2, 0.25) is 0 Å². The van der Waals surface area contributed by atoms with E-state index < -0.39 is 0 Å². The topological polar surface area (TPSA) is 23.5 Å². The average molecular weight is 185 g/mol. The first-order valence-corrected chi connectivity index (χ1v) is 5.73. The summed E-state index contributed by atoms with van der Waals surface area (Å²) in [4.78, 5) is 2.24. The molecule has 0 saturated carbocycles. The third kappa shape index (κ3) is 3.65. The van der Waals surface area contributed by atoms with Gasteiger partial charge in [-0.2, -0.15) is 0 Å². The van der Waals surface area contributed by atoms with Crippen molar-refractivity contribution in [1.82, 2.24) is 4.90 Å². The molecule has 1 saturated heterocycles. The van der Waals surface area contributed by atoms with Gasteiger partial charge < -0.3 is 5.11 Å². The SMILES string of the molecule is CCCCCC1CCCCN1CO. The molecule has 0 radical (unpaired) electrons. The van der Waals surface area contributed by atoms with Crippen molar-refractivity contribution >= 4 is 0 Å². The standard InChI is InChI=1S/C11H23NO/c1-2-3-4-7-11-8-5-6-9-12(11)10-13/h11,13H,2-10H2,1H3. The molecule has 2 nitrogen and oxygen atoms in total. The van der Waals surface area contributed by atoms with Gasteiger partial charge in [-0.05, 0) is 19.3 Å². The Morgan fingerprint density at radius 3 is 2.85 bits per heavy atom. The molecule has 1 N–H and O–H groups in total. The summed E-state index contributed by atoms with van der Waals surface area (Å²) in [7, 11) is 0. The zero-order valence-electron chi connectivity index (χ0n) is 8.84. The molecule has 0 aromatic rings. The first kappa shape index (κ1) is 11.0. The van der Waals surface area contributed by atoms with Crippen molar-refractivity contribution in [3.63, 3.8) is 0 Å². The molecule has 13 heavy (non-hydrogen) atoms. The number of rotatable bonds is 5. The summed E-state index contributed by atoms with van der Waals surface area (Å²) in [6, 6.07) is 0.672. The van der Waals surface area contributed by atoms with Crippen molar-refractivity contribution in [2.45, 2.75) is 57.9 Å². The van der Waals surface area contributed by atoms with E-state index in [1.54, 1.807) is 0 Å². The van der Waals surface area contributed by atoms with Crippen molar-refractivity contribution in [1.29, 1.82) is 0 Å². The highest BCUT2D eigenvalue weighted by Crippen LogP contribution is 2.20. The second kappa shape index (κ2) is 6.39. The van der Waals surface area contributed by atoms with E-state index in [4.69, 9.17) is 5.11 Å². The zero-order valence-corrected chi connectivity index (χ0v) is 8.84. The van der Waals surface area contributed by atoms with Crippen LogP contribution in [0.1, 0.15) is 51.9 Å². The van der Waals surface area contributed by atoms with Crippen LogP contribution in [-0.2, 0) is 0 Å². The Balaban J connectivity index is 2.19. The van der Waals surface area contributed by atoms with Crippen molar-refractivity contribution in [3.05, 3.63) is 0 Å². The number of piperidine rings is 1. The second-order valence-corrected chi connectivity index (χ2v) is 4.10. The highest BCUT2D eigenvalue weighted by Gasteiger charge is 2.20. The maximum atomic E-state index is 9.14. The van der Waals surface area contributed by atoms with Gasteiger partial charge in [-0.1, -0.05) is 32.6 Å². The lowest BCUT2D eigenvalue weighted by atomic mass is 9.97. The van der Waals surface area contributed by atoms with Gasteiger partial charge in [0.2, 0.25) is 0 Å². The van der Waals surface area contributed by atoms with Crippen LogP contribution in [0.4, 0.5) is 0 Å². The highest BCUT2D eigenvalue weighted by molar-refractivity contribution is 4.74. The Hall–Kier alpha value is -0.0800. The third-order valence-electron chi connectivity index (χ3n) is 3.07. The Morgan fingerprint density at radius 1 is 1.31 bits per heavy atom. The lowest BCUT2D eigenvalue weighted by molar-refractivity contribution is 0.0397. The van der Waals surface area contributed by atoms with E-state index in [0.29, 0.717) is 6.04 Å². The van der Waals surface area contributed by atoms with Crippen LogP contribution in [0.25, 0.3) is 0 Å². The highest BCUT2D eigenvalue weighted by atomic mass is 16.3. The number of hydrogen-bond acceptors (Lipinski definition) is 2. The Bertz CT molecular complexity index is 127. The number of hydrogen-bond donors (Lipinski definition) is 1. The van der Waals surface area contributed by atoms with Crippen LogP contribution >= 0.6 is 0 Å². The summed E-state index contributed by atoms with van der Waals surface area (Å²) in [5.41, 5.74) is 0. The fraction of sp³-hybridized carbons (Fsp3) is 1.00. The number of likely N-dealkylation sites (tertiary alicyclic amines) is 1. The number of aliphatic hydroxyl groups excluding tert-OH is 1. The molecule has 1 heterocycles. The molecular weight excluding hydrogens is 162 g/mol. The maximum Gasteiger partial charge on any atom is 0.0958 e. The molecule has 0 amide bonds. The Kier molecular flexibility index (Phi) is 5.40. The predicted octanol–water partition coefficient (Wildman–Crippen LogP) is 2.37. The molecule has 1 atom stereocenters. The van der Waals surface area contributed by atoms with Crippen molar-refractivity contribution < 1.29 is 5.11 Å². The fourth-order valence-electron chi connectivity index (χ4n) is 2.20. The monoisotopic (exact) mass is 185 g/mol. The van der Waals surface area contributed by atoms with Gasteiger partial charge in [0, 0.05) is 12.6 Å². The van der Waals surface area contributed by atoms with Crippen LogP contribution in [0.15, 0.2) is 0 Å². The fourth-order valence-corrected chi connectivity index (χ4v) is 2.20. The van der Waals surface area contributed by atoms with Gasteiger partial charge in [0.25, 0.3) is 0 Å². The second-order valence-electron chi connectivity index (χ2n) is 4.10. The molecule has 78 valence electrons. The third-order valence-corrected chi connectivity index (χ3v) is 3.07. The molecule has 2 heteroatoms. The van der Waals surface area contributed by atoms with Gasteiger partial charge in [-0.3, -0.25) is 4.90 Å². The molecule has 0 aliphatic carbocycles. The van der Waals surface area contributed by atoms with Crippen molar-refractivity contribution in [3.8, 4) is 0 Å². The number of unbranched alkanes of at least 4 members (excludes halogenated alkanes) is 2. The summed E-state index contributed by atoms with van der Waals surface area (Å²) in [5, 5.41) is 9.14. The van der Waals surface area contributed by atoms with E-state index in [0.717, 1.165) is 6.54 Å². The summed E-state index contributed by atoms with van der Waals surface area (Å²) in [5.74, 6) is 0. The Labute approximate surface area is 81.9 Å². The van der Waals surface area contributed by atoms with Gasteiger partial charge >= 0.3 is 0 Å². The molecule has 1 unspecified atom stereocenters. The lowest BCUT2D eigenvalue weighted by Gasteiger charge is -2.34. The molecule has 0 aromatic heterocycles. The smallest absolute Gasteiger partial charge is 0.0958 e. The largest absolute Gasteiger partial charge is 0.381 e. The molecular formula is C11H23NO. The molecule has 1 aliphatic rings. The van der Waals surface area contributed by atoms with E-state index in [-0.39, 0.29) is 6.73 Å². The normalized spacial score (nSPS) is 24.9. The minimum absolute atomic E-state index is 0.261. The minimum Gasteiger partial charge on any atom is -0.381 e. The average Bonchev–Trinajstić information content (AvgIpc) is 2.19. The zero-order chi connectivity index (χ0) is 9.52. The molecule has 0 spiro atoms. The molecule has 1 fully saturated rings. The van der Waals surface area contributed by atoms with Gasteiger partial charge in [0.1, 0.15) is 0 Å². The van der Waals surface area contributed by atoms with E-state index in [1.165, 1.54) is 44.9 Å². The van der Waals surface area contributed by atoms with Crippen LogP contribution in [0, 0.1) is 0 Å². The van der Waals surface area contributed by atoms with Gasteiger partial charge in [0.15, 0.2) is 0 Å². The van der Waals surface area contributed by atoms with Crippen LogP contribution in [0.5, 0.6) is 0 Å². The van der Waals surface area contributed by atoms with E-state index >= 15 is 0 Å². The van der Waals surface area contributed by atoms with Gasteiger partial charge in [-0.15, -0.1) is 0 Å². The maximum absolute atomic E-state index is 9.14. The molecule has 0 bridgehead atoms. The summed E-state index contributed by atoms with van der Waals surface area (Å²) < 4.78 is 0. The van der Waals surface area contributed by atoms with Crippen LogP contribution in [-0.4, -0.2) is 29.3 Å². The van der Waals surface area contributed by atoms with E-state index in [1.807, 2.05) is 0 Å². The van der Waals surface area contributed by atoms with Gasteiger partial charge in [-0.25, -0.2) is 0 Å². The Morgan fingerprint density at radius 2 is 2.15 bits per heavy atom. The minimum atomic E-state index is 0.261. The van der Waals surface area contributed by atoms with E-state index in [2.05, 4.69) is 11.8 Å². The van der Waals surface area contributed by atoms with Crippen molar-refractivity contribution in [2.75, 3.05) is 13.3 Å². The van der Waals surface area contributed by atoms with Gasteiger partial charge in [0.05, 0.1) is 6.73 Å². The van der Waals surface area contributed by atoms with Crippen molar-refractivity contribution in [2.24, 2.45) is 0 Å². The molecule has 0 aromatic carbocycles. The number of aliphatic hydroxyl groups is 1.